The van der Waals surface area contributed by atoms with E-state index in [1.54, 1.807) is 39.5 Å². The number of carbonyl (C=O) groups excluding carboxylic acids is 2. The predicted molar refractivity (Wildman–Crippen MR) is 80.0 cm³/mol. The molecule has 0 aromatic heterocycles. The van der Waals surface area contributed by atoms with Crippen molar-refractivity contribution in [3.05, 3.63) is 0 Å². The Kier molecular flexibility index (Phi) is 5.25. The molecule has 122 valence electrons. The van der Waals surface area contributed by atoms with Gasteiger partial charge in [0.05, 0.1) is 12.2 Å². The lowest BCUT2D eigenvalue weighted by Gasteiger charge is -2.39. The second-order valence-corrected chi connectivity index (χ2v) is 7.22. The number of carbonyl (C=O) groups is 2. The molecule has 1 aliphatic heterocycles. The lowest BCUT2D eigenvalue weighted by Crippen LogP contribution is -2.60. The fourth-order valence-corrected chi connectivity index (χ4v) is 2.35. The molecule has 6 nitrogen and oxygen atoms in total. The zero-order valence-corrected chi connectivity index (χ0v) is 14.1. The van der Waals surface area contributed by atoms with E-state index < -0.39 is 17.2 Å². The molecule has 0 radical (unpaired) electrons. The van der Waals surface area contributed by atoms with Gasteiger partial charge < -0.3 is 19.7 Å². The third kappa shape index (κ3) is 5.53. The SMILES string of the molecule is C[C@H]1CN(C(=O)C(C)(C)NC(=O)OC(C)(C)C)C[C@H](C)O1. The van der Waals surface area contributed by atoms with Gasteiger partial charge in [0.2, 0.25) is 5.91 Å². The van der Waals surface area contributed by atoms with Crippen molar-refractivity contribution in [1.29, 1.82) is 0 Å². The van der Waals surface area contributed by atoms with Crippen LogP contribution in [0.2, 0.25) is 0 Å². The molecule has 1 saturated heterocycles. The molecule has 0 unspecified atom stereocenters. The summed E-state index contributed by atoms with van der Waals surface area (Å²) in [5, 5.41) is 2.65. The third-order valence-corrected chi connectivity index (χ3v) is 3.05. The molecule has 21 heavy (non-hydrogen) atoms. The highest BCUT2D eigenvalue weighted by atomic mass is 16.6. The second kappa shape index (κ2) is 6.22. The molecule has 2 atom stereocenters. The molecule has 0 aromatic rings. The Bertz CT molecular complexity index is 391. The Balaban J connectivity index is 2.68. The maximum Gasteiger partial charge on any atom is 0.408 e. The molecule has 1 fully saturated rings. The van der Waals surface area contributed by atoms with Gasteiger partial charge in [0.25, 0.3) is 0 Å². The molecular formula is C15H28N2O4. The van der Waals surface area contributed by atoms with Gasteiger partial charge >= 0.3 is 6.09 Å². The molecule has 2 amide bonds. The van der Waals surface area contributed by atoms with Crippen LogP contribution in [0.4, 0.5) is 4.79 Å². The van der Waals surface area contributed by atoms with Gasteiger partial charge in [-0.1, -0.05) is 0 Å². The topological polar surface area (TPSA) is 67.9 Å². The first-order valence-electron chi connectivity index (χ1n) is 7.37. The van der Waals surface area contributed by atoms with Crippen LogP contribution >= 0.6 is 0 Å². The maximum atomic E-state index is 12.6. The summed E-state index contributed by atoms with van der Waals surface area (Å²) in [6, 6.07) is 0. The standard InChI is InChI=1S/C15H28N2O4/c1-10-8-17(9-11(2)20-10)12(18)15(6,7)16-13(19)21-14(3,4)5/h10-11H,8-9H2,1-7H3,(H,16,19)/t10-,11-/m0/s1. The molecule has 0 aliphatic carbocycles. The maximum absolute atomic E-state index is 12.6. The number of hydrogen-bond acceptors (Lipinski definition) is 4. The van der Waals surface area contributed by atoms with E-state index in [0.717, 1.165) is 0 Å². The zero-order valence-electron chi connectivity index (χ0n) is 14.1. The Morgan fingerprint density at radius 2 is 1.57 bits per heavy atom. The minimum Gasteiger partial charge on any atom is -0.444 e. The quantitative estimate of drug-likeness (QED) is 0.846. The van der Waals surface area contributed by atoms with E-state index in [0.29, 0.717) is 13.1 Å². The highest BCUT2D eigenvalue weighted by Gasteiger charge is 2.37. The van der Waals surface area contributed by atoms with Crippen LogP contribution in [0.3, 0.4) is 0 Å². The minimum atomic E-state index is -1.01. The normalized spacial score (nSPS) is 23.7. The van der Waals surface area contributed by atoms with E-state index in [1.165, 1.54) is 0 Å². The van der Waals surface area contributed by atoms with E-state index in [1.807, 2.05) is 13.8 Å². The molecule has 1 N–H and O–H groups in total. The Morgan fingerprint density at radius 3 is 2.00 bits per heavy atom. The number of amides is 2. The summed E-state index contributed by atoms with van der Waals surface area (Å²) in [4.78, 5) is 26.2. The summed E-state index contributed by atoms with van der Waals surface area (Å²) in [5.41, 5.74) is -1.61. The molecule has 1 heterocycles. The van der Waals surface area contributed by atoms with Gasteiger partial charge in [0, 0.05) is 13.1 Å². The largest absolute Gasteiger partial charge is 0.444 e. The first kappa shape index (κ1) is 17.8. The van der Waals surface area contributed by atoms with Gasteiger partial charge in [-0.3, -0.25) is 4.79 Å². The van der Waals surface area contributed by atoms with Crippen LogP contribution in [0, 0.1) is 0 Å². The van der Waals surface area contributed by atoms with Crippen molar-refractivity contribution in [1.82, 2.24) is 10.2 Å². The van der Waals surface area contributed by atoms with Gasteiger partial charge in [-0.15, -0.1) is 0 Å². The van der Waals surface area contributed by atoms with Crippen LogP contribution in [-0.2, 0) is 14.3 Å². The second-order valence-electron chi connectivity index (χ2n) is 7.22. The van der Waals surface area contributed by atoms with Gasteiger partial charge in [-0.2, -0.15) is 0 Å². The monoisotopic (exact) mass is 300 g/mol. The molecule has 0 saturated carbocycles. The molecule has 6 heteroatoms. The molecule has 1 aliphatic rings. The van der Waals surface area contributed by atoms with Crippen molar-refractivity contribution in [3.63, 3.8) is 0 Å². The highest BCUT2D eigenvalue weighted by molar-refractivity contribution is 5.89. The van der Waals surface area contributed by atoms with E-state index >= 15 is 0 Å². The van der Waals surface area contributed by atoms with Crippen LogP contribution in [0.15, 0.2) is 0 Å². The van der Waals surface area contributed by atoms with Gasteiger partial charge in [-0.05, 0) is 48.5 Å². The summed E-state index contributed by atoms with van der Waals surface area (Å²) in [6.07, 6.45) is -0.597. The van der Waals surface area contributed by atoms with E-state index in [-0.39, 0.29) is 18.1 Å². The number of nitrogens with zero attached hydrogens (tertiary/aromatic N) is 1. The molecule has 1 rings (SSSR count). The number of hydrogen-bond donors (Lipinski definition) is 1. The molecule has 0 spiro atoms. The van der Waals surface area contributed by atoms with Crippen molar-refractivity contribution in [2.75, 3.05) is 13.1 Å². The zero-order chi connectivity index (χ0) is 16.4. The number of alkyl carbamates (subject to hydrolysis) is 1. The van der Waals surface area contributed by atoms with Crippen LogP contribution in [0.25, 0.3) is 0 Å². The third-order valence-electron chi connectivity index (χ3n) is 3.05. The fraction of sp³-hybridized carbons (Fsp3) is 0.867. The molecular weight excluding hydrogens is 272 g/mol. The van der Waals surface area contributed by atoms with Crippen LogP contribution in [0.1, 0.15) is 48.5 Å². The van der Waals surface area contributed by atoms with Crippen LogP contribution < -0.4 is 5.32 Å². The van der Waals surface area contributed by atoms with Gasteiger partial charge in [0.1, 0.15) is 11.1 Å². The van der Waals surface area contributed by atoms with Crippen molar-refractivity contribution >= 4 is 12.0 Å². The predicted octanol–water partition coefficient (Wildman–Crippen LogP) is 1.93. The number of nitrogens with one attached hydrogen (secondary N) is 1. The average Bonchev–Trinajstić information content (AvgIpc) is 2.22. The lowest BCUT2D eigenvalue weighted by molar-refractivity contribution is -0.148. The van der Waals surface area contributed by atoms with E-state index in [9.17, 15) is 9.59 Å². The van der Waals surface area contributed by atoms with E-state index in [4.69, 9.17) is 9.47 Å². The molecule has 0 bridgehead atoms. The molecule has 0 aromatic carbocycles. The Labute approximate surface area is 127 Å². The first-order chi connectivity index (χ1) is 9.40. The summed E-state index contributed by atoms with van der Waals surface area (Å²) < 4.78 is 10.8. The number of ether oxygens (including phenoxy) is 2. The number of rotatable bonds is 2. The van der Waals surface area contributed by atoms with Crippen molar-refractivity contribution < 1.29 is 19.1 Å². The summed E-state index contributed by atoms with van der Waals surface area (Å²) >= 11 is 0. The summed E-state index contributed by atoms with van der Waals surface area (Å²) in [7, 11) is 0. The van der Waals surface area contributed by atoms with Crippen molar-refractivity contribution in [2.45, 2.75) is 71.8 Å². The van der Waals surface area contributed by atoms with Crippen LogP contribution in [-0.4, -0.2) is 53.3 Å². The minimum absolute atomic E-state index is 0.00460. The number of morpholine rings is 1. The van der Waals surface area contributed by atoms with E-state index in [2.05, 4.69) is 5.32 Å². The smallest absolute Gasteiger partial charge is 0.408 e. The first-order valence-corrected chi connectivity index (χ1v) is 7.37. The Hall–Kier alpha value is -1.30. The summed E-state index contributed by atoms with van der Waals surface area (Å²) in [6.45, 7) is 13.7. The lowest BCUT2D eigenvalue weighted by atomic mass is 10.0. The van der Waals surface area contributed by atoms with Gasteiger partial charge in [-0.25, -0.2) is 4.79 Å². The fourth-order valence-electron chi connectivity index (χ4n) is 2.35. The van der Waals surface area contributed by atoms with Crippen LogP contribution in [0.5, 0.6) is 0 Å². The Morgan fingerprint density at radius 1 is 1.10 bits per heavy atom. The van der Waals surface area contributed by atoms with Crippen molar-refractivity contribution in [2.24, 2.45) is 0 Å². The highest BCUT2D eigenvalue weighted by Crippen LogP contribution is 2.17. The van der Waals surface area contributed by atoms with Crippen molar-refractivity contribution in [3.8, 4) is 0 Å². The van der Waals surface area contributed by atoms with Gasteiger partial charge in [0.15, 0.2) is 0 Å². The summed E-state index contributed by atoms with van der Waals surface area (Å²) in [5.74, 6) is -0.129. The average molecular weight is 300 g/mol.